The summed E-state index contributed by atoms with van der Waals surface area (Å²) in [5, 5.41) is 0. The third kappa shape index (κ3) is 5.88. The maximum atomic E-state index is 2.47. The molecule has 0 aromatic carbocycles. The highest BCUT2D eigenvalue weighted by molar-refractivity contribution is 4.87. The molecule has 0 saturated heterocycles. The largest absolute Gasteiger partial charge is 0.0625 e. The van der Waals surface area contributed by atoms with Gasteiger partial charge in [0, 0.05) is 0 Å². The van der Waals surface area contributed by atoms with Crippen molar-refractivity contribution in [1.82, 2.24) is 0 Å². The van der Waals surface area contributed by atoms with Gasteiger partial charge >= 0.3 is 0 Å². The van der Waals surface area contributed by atoms with Gasteiger partial charge < -0.3 is 0 Å². The van der Waals surface area contributed by atoms with Crippen LogP contribution < -0.4 is 0 Å². The molecule has 0 aromatic heterocycles. The molecule has 0 heteroatoms. The lowest BCUT2D eigenvalue weighted by atomic mass is 9.61. The van der Waals surface area contributed by atoms with Crippen LogP contribution in [-0.4, -0.2) is 0 Å². The molecule has 0 aliphatic heterocycles. The Morgan fingerprint density at radius 1 is 0.737 bits per heavy atom. The molecular weight excluding hydrogens is 228 g/mol. The van der Waals surface area contributed by atoms with Gasteiger partial charge in [0.05, 0.1) is 0 Å². The topological polar surface area (TPSA) is 0 Å². The molecule has 0 radical (unpaired) electrons. The monoisotopic (exact) mass is 268 g/mol. The van der Waals surface area contributed by atoms with E-state index in [1.54, 1.807) is 0 Å². The van der Waals surface area contributed by atoms with E-state index in [2.05, 4.69) is 69.2 Å². The summed E-state index contributed by atoms with van der Waals surface area (Å²) in [5.41, 5.74) is 0.836. The first kappa shape index (κ1) is 19.0. The Morgan fingerprint density at radius 3 is 1.58 bits per heavy atom. The van der Waals surface area contributed by atoms with Gasteiger partial charge in [-0.1, -0.05) is 88.5 Å². The van der Waals surface area contributed by atoms with Crippen LogP contribution in [0.5, 0.6) is 0 Å². The molecule has 0 heterocycles. The Hall–Kier alpha value is 0. The average molecular weight is 269 g/mol. The summed E-state index contributed by atoms with van der Waals surface area (Å²) in [6.45, 7) is 24.1. The predicted octanol–water partition coefficient (Wildman–Crippen LogP) is 6.79. The van der Waals surface area contributed by atoms with Gasteiger partial charge in [0.15, 0.2) is 0 Å². The molecule has 3 atom stereocenters. The zero-order valence-electron chi connectivity index (χ0n) is 15.4. The van der Waals surface area contributed by atoms with Crippen molar-refractivity contribution in [1.29, 1.82) is 0 Å². The first-order valence-electron chi connectivity index (χ1n) is 8.40. The van der Waals surface area contributed by atoms with Crippen LogP contribution in [0.25, 0.3) is 0 Å². The van der Waals surface area contributed by atoms with Gasteiger partial charge in [-0.05, 0) is 34.5 Å². The fraction of sp³-hybridized carbons (Fsp3) is 1.00. The zero-order valence-corrected chi connectivity index (χ0v) is 15.4. The van der Waals surface area contributed by atoms with E-state index in [1.807, 2.05) is 0 Å². The zero-order chi connectivity index (χ0) is 15.4. The third-order valence-electron chi connectivity index (χ3n) is 6.12. The first-order valence-corrected chi connectivity index (χ1v) is 8.40. The van der Waals surface area contributed by atoms with E-state index in [9.17, 15) is 0 Å². The molecule has 0 nitrogen and oxygen atoms in total. The Morgan fingerprint density at radius 2 is 1.21 bits per heavy atom. The Bertz CT molecular complexity index is 241. The summed E-state index contributed by atoms with van der Waals surface area (Å²) in [7, 11) is 0. The molecule has 0 aliphatic rings. The maximum absolute atomic E-state index is 2.47. The van der Waals surface area contributed by atoms with Crippen LogP contribution in [0.4, 0.5) is 0 Å². The molecule has 0 aliphatic carbocycles. The smallest absolute Gasteiger partial charge is 0.0298 e. The normalized spacial score (nSPS) is 18.5. The summed E-state index contributed by atoms with van der Waals surface area (Å²) in [6.07, 6.45) is 4.16. The van der Waals surface area contributed by atoms with Crippen molar-refractivity contribution in [2.45, 2.75) is 88.5 Å². The Balaban J connectivity index is 4.37. The third-order valence-corrected chi connectivity index (χ3v) is 6.12. The Labute approximate surface area is 123 Å². The van der Waals surface area contributed by atoms with Crippen molar-refractivity contribution < 1.29 is 0 Å². The summed E-state index contributed by atoms with van der Waals surface area (Å²) in [5.74, 6) is 3.26. The van der Waals surface area contributed by atoms with Crippen LogP contribution in [0, 0.1) is 34.5 Å². The van der Waals surface area contributed by atoms with E-state index in [0.29, 0.717) is 10.8 Å². The van der Waals surface area contributed by atoms with E-state index in [4.69, 9.17) is 0 Å². The van der Waals surface area contributed by atoms with E-state index >= 15 is 0 Å². The molecule has 0 spiro atoms. The molecule has 19 heavy (non-hydrogen) atoms. The minimum Gasteiger partial charge on any atom is -0.0625 e. The van der Waals surface area contributed by atoms with E-state index < -0.39 is 0 Å². The molecular formula is C19H40. The highest BCUT2D eigenvalue weighted by Gasteiger charge is 2.37. The standard InChI is InChI=1S/C19H40/c1-14(2)15(3)12-11-13-16(4)19(9,10)17(5)18(6,7)8/h14-17H,11-13H2,1-10H3. The van der Waals surface area contributed by atoms with Gasteiger partial charge in [-0.2, -0.15) is 0 Å². The van der Waals surface area contributed by atoms with E-state index in [1.165, 1.54) is 19.3 Å². The van der Waals surface area contributed by atoms with Crippen LogP contribution in [-0.2, 0) is 0 Å². The lowest BCUT2D eigenvalue weighted by Gasteiger charge is -2.45. The van der Waals surface area contributed by atoms with Crippen molar-refractivity contribution in [2.24, 2.45) is 34.5 Å². The number of hydrogen-bond donors (Lipinski definition) is 0. The molecule has 0 bridgehead atoms. The number of hydrogen-bond acceptors (Lipinski definition) is 0. The summed E-state index contributed by atoms with van der Waals surface area (Å²) in [6, 6.07) is 0. The van der Waals surface area contributed by atoms with Gasteiger partial charge in [-0.25, -0.2) is 0 Å². The summed E-state index contributed by atoms with van der Waals surface area (Å²) < 4.78 is 0. The van der Waals surface area contributed by atoms with Crippen LogP contribution in [0.15, 0.2) is 0 Å². The van der Waals surface area contributed by atoms with Crippen molar-refractivity contribution in [3.63, 3.8) is 0 Å². The highest BCUT2D eigenvalue weighted by atomic mass is 14.4. The van der Waals surface area contributed by atoms with Crippen molar-refractivity contribution in [3.05, 3.63) is 0 Å². The second kappa shape index (κ2) is 7.14. The predicted molar refractivity (Wildman–Crippen MR) is 89.4 cm³/mol. The second-order valence-electron chi connectivity index (χ2n) is 8.96. The molecule has 0 fully saturated rings. The molecule has 0 aromatic rings. The molecule has 0 rings (SSSR count). The molecule has 3 unspecified atom stereocenters. The fourth-order valence-corrected chi connectivity index (χ4v) is 2.99. The summed E-state index contributed by atoms with van der Waals surface area (Å²) in [4.78, 5) is 0. The van der Waals surface area contributed by atoms with Crippen LogP contribution >= 0.6 is 0 Å². The van der Waals surface area contributed by atoms with Gasteiger partial charge in [0.2, 0.25) is 0 Å². The van der Waals surface area contributed by atoms with Gasteiger partial charge in [0.1, 0.15) is 0 Å². The average Bonchev–Trinajstić information content (AvgIpc) is 2.25. The lowest BCUT2D eigenvalue weighted by molar-refractivity contribution is 0.0468. The van der Waals surface area contributed by atoms with Crippen LogP contribution in [0.3, 0.4) is 0 Å². The van der Waals surface area contributed by atoms with E-state index in [-0.39, 0.29) is 0 Å². The number of rotatable bonds is 7. The highest BCUT2D eigenvalue weighted by Crippen LogP contribution is 2.46. The van der Waals surface area contributed by atoms with Crippen LogP contribution in [0.2, 0.25) is 0 Å². The van der Waals surface area contributed by atoms with Crippen molar-refractivity contribution >= 4 is 0 Å². The van der Waals surface area contributed by atoms with Gasteiger partial charge in [0.25, 0.3) is 0 Å². The fourth-order valence-electron chi connectivity index (χ4n) is 2.99. The van der Waals surface area contributed by atoms with E-state index in [0.717, 1.165) is 23.7 Å². The van der Waals surface area contributed by atoms with Gasteiger partial charge in [-0.3, -0.25) is 0 Å². The maximum Gasteiger partial charge on any atom is -0.0298 e. The summed E-state index contributed by atoms with van der Waals surface area (Å²) >= 11 is 0. The molecule has 0 N–H and O–H groups in total. The van der Waals surface area contributed by atoms with Crippen LogP contribution in [0.1, 0.15) is 88.5 Å². The first-order chi connectivity index (χ1) is 8.40. The SMILES string of the molecule is CC(C)C(C)CCCC(C)C(C)(C)C(C)C(C)(C)C. The molecule has 0 saturated carbocycles. The Kier molecular flexibility index (Phi) is 7.14. The van der Waals surface area contributed by atoms with Crippen molar-refractivity contribution in [2.75, 3.05) is 0 Å². The van der Waals surface area contributed by atoms with Gasteiger partial charge in [-0.15, -0.1) is 0 Å². The minimum atomic E-state index is 0.406. The quantitative estimate of drug-likeness (QED) is 0.476. The lowest BCUT2D eigenvalue weighted by Crippen LogP contribution is -2.37. The molecule has 0 amide bonds. The van der Waals surface area contributed by atoms with Crippen molar-refractivity contribution in [3.8, 4) is 0 Å². The molecule has 116 valence electrons. The second-order valence-corrected chi connectivity index (χ2v) is 8.96. The minimum absolute atomic E-state index is 0.406.